The molecule has 1 aliphatic rings. The summed E-state index contributed by atoms with van der Waals surface area (Å²) in [4.78, 5) is 24.7. The Kier molecular flexibility index (Phi) is 3.64. The van der Waals surface area contributed by atoms with Crippen molar-refractivity contribution in [1.82, 2.24) is 15.1 Å². The maximum absolute atomic E-state index is 12.1. The molecule has 2 N–H and O–H groups in total. The largest absolute Gasteiger partial charge is 0.481 e. The van der Waals surface area contributed by atoms with Gasteiger partial charge in [0, 0.05) is 18.8 Å². The molecule has 6 heteroatoms. The molecule has 0 aromatic carbocycles. The molecule has 0 bridgehead atoms. The highest BCUT2D eigenvalue weighted by Gasteiger charge is 2.29. The van der Waals surface area contributed by atoms with Crippen LogP contribution < -0.4 is 0 Å². The van der Waals surface area contributed by atoms with Crippen LogP contribution in [0.3, 0.4) is 0 Å². The summed E-state index contributed by atoms with van der Waals surface area (Å²) >= 11 is 0. The van der Waals surface area contributed by atoms with Crippen molar-refractivity contribution in [1.29, 1.82) is 0 Å². The summed E-state index contributed by atoms with van der Waals surface area (Å²) in [5, 5.41) is 15.8. The Hall–Kier alpha value is -1.85. The smallest absolute Gasteiger partial charge is 0.308 e. The van der Waals surface area contributed by atoms with Crippen molar-refractivity contribution < 1.29 is 14.7 Å². The van der Waals surface area contributed by atoms with E-state index in [1.165, 1.54) is 0 Å². The number of carbonyl (C=O) groups is 2. The first kappa shape index (κ1) is 12.6. The Morgan fingerprint density at radius 2 is 2.39 bits per heavy atom. The Bertz CT molecular complexity index is 455. The van der Waals surface area contributed by atoms with Crippen LogP contribution in [-0.2, 0) is 11.2 Å². The van der Waals surface area contributed by atoms with Crippen LogP contribution in [0.5, 0.6) is 0 Å². The number of H-pyrrole nitrogens is 1. The van der Waals surface area contributed by atoms with Crippen LogP contribution >= 0.6 is 0 Å². The number of carboxylic acid groups (broad SMARTS) is 1. The SMILES string of the molecule is CCc1cc(C(=O)N2CCC[C@H](C(=O)O)C2)n[nH]1. The predicted octanol–water partition coefficient (Wildman–Crippen LogP) is 0.909. The van der Waals surface area contributed by atoms with Gasteiger partial charge in [-0.25, -0.2) is 0 Å². The second-order valence-corrected chi connectivity index (χ2v) is 4.56. The van der Waals surface area contributed by atoms with Crippen molar-refractivity contribution in [2.24, 2.45) is 5.92 Å². The van der Waals surface area contributed by atoms with Crippen LogP contribution in [-0.4, -0.2) is 45.2 Å². The standard InChI is InChI=1S/C12H17N3O3/c1-2-9-6-10(14-13-9)11(16)15-5-3-4-8(7-15)12(17)18/h6,8H,2-5,7H2,1H3,(H,13,14)(H,17,18)/t8-/m0/s1. The van der Waals surface area contributed by atoms with Gasteiger partial charge in [-0.2, -0.15) is 5.10 Å². The number of nitrogens with one attached hydrogen (secondary N) is 1. The van der Waals surface area contributed by atoms with Gasteiger partial charge >= 0.3 is 5.97 Å². The number of carbonyl (C=O) groups excluding carboxylic acids is 1. The summed E-state index contributed by atoms with van der Waals surface area (Å²) in [6.07, 6.45) is 2.16. The number of hydrogen-bond donors (Lipinski definition) is 2. The molecule has 2 heterocycles. The molecule has 0 aliphatic carbocycles. The van der Waals surface area contributed by atoms with Crippen LogP contribution in [0.2, 0.25) is 0 Å². The van der Waals surface area contributed by atoms with Gasteiger partial charge in [-0.05, 0) is 25.3 Å². The van der Waals surface area contributed by atoms with Crippen molar-refractivity contribution in [2.75, 3.05) is 13.1 Å². The van der Waals surface area contributed by atoms with E-state index in [2.05, 4.69) is 10.2 Å². The number of amides is 1. The van der Waals surface area contributed by atoms with Gasteiger partial charge in [-0.15, -0.1) is 0 Å². The number of carboxylic acids is 1. The van der Waals surface area contributed by atoms with E-state index in [1.807, 2.05) is 6.92 Å². The van der Waals surface area contributed by atoms with Gasteiger partial charge < -0.3 is 10.0 Å². The molecule has 1 aromatic rings. The lowest BCUT2D eigenvalue weighted by atomic mass is 9.98. The molecule has 1 atom stereocenters. The van der Waals surface area contributed by atoms with Crippen LogP contribution in [0.15, 0.2) is 6.07 Å². The minimum atomic E-state index is -0.830. The van der Waals surface area contributed by atoms with Crippen molar-refractivity contribution in [3.8, 4) is 0 Å². The third-order valence-corrected chi connectivity index (χ3v) is 3.29. The molecule has 1 fully saturated rings. The first-order chi connectivity index (χ1) is 8.61. The van der Waals surface area contributed by atoms with Gasteiger partial charge in [0.05, 0.1) is 5.92 Å². The quantitative estimate of drug-likeness (QED) is 0.836. The molecule has 18 heavy (non-hydrogen) atoms. The van der Waals surface area contributed by atoms with E-state index in [0.717, 1.165) is 18.5 Å². The number of likely N-dealkylation sites (tertiary alicyclic amines) is 1. The highest BCUT2D eigenvalue weighted by molar-refractivity contribution is 5.92. The lowest BCUT2D eigenvalue weighted by molar-refractivity contribution is -0.143. The lowest BCUT2D eigenvalue weighted by Gasteiger charge is -2.30. The van der Waals surface area contributed by atoms with E-state index in [4.69, 9.17) is 5.11 Å². The maximum atomic E-state index is 12.1. The number of aromatic amines is 1. The van der Waals surface area contributed by atoms with E-state index in [9.17, 15) is 9.59 Å². The number of rotatable bonds is 3. The number of aromatic nitrogens is 2. The second kappa shape index (κ2) is 5.20. The molecule has 0 radical (unpaired) electrons. The van der Waals surface area contributed by atoms with Crippen molar-refractivity contribution >= 4 is 11.9 Å². The molecule has 0 saturated carbocycles. The molecule has 1 amide bonds. The monoisotopic (exact) mass is 251 g/mol. The zero-order valence-electron chi connectivity index (χ0n) is 10.3. The molecule has 0 spiro atoms. The normalized spacial score (nSPS) is 19.8. The van der Waals surface area contributed by atoms with E-state index in [-0.39, 0.29) is 12.5 Å². The molecule has 1 saturated heterocycles. The van der Waals surface area contributed by atoms with Crippen LogP contribution in [0, 0.1) is 5.92 Å². The average Bonchev–Trinajstić information content (AvgIpc) is 2.86. The van der Waals surface area contributed by atoms with Gasteiger partial charge in [0.25, 0.3) is 5.91 Å². The maximum Gasteiger partial charge on any atom is 0.308 e. The van der Waals surface area contributed by atoms with Gasteiger partial charge in [-0.1, -0.05) is 6.92 Å². The Morgan fingerprint density at radius 3 is 3.00 bits per heavy atom. The number of aliphatic carboxylic acids is 1. The van der Waals surface area contributed by atoms with E-state index in [1.54, 1.807) is 11.0 Å². The summed E-state index contributed by atoms with van der Waals surface area (Å²) < 4.78 is 0. The summed E-state index contributed by atoms with van der Waals surface area (Å²) in [5.41, 5.74) is 1.28. The van der Waals surface area contributed by atoms with Crippen molar-refractivity contribution in [2.45, 2.75) is 26.2 Å². The van der Waals surface area contributed by atoms with Crippen molar-refractivity contribution in [3.05, 3.63) is 17.5 Å². The summed E-state index contributed by atoms with van der Waals surface area (Å²) in [6, 6.07) is 1.73. The number of piperidine rings is 1. The zero-order chi connectivity index (χ0) is 13.1. The van der Waals surface area contributed by atoms with Crippen LogP contribution in [0.1, 0.15) is 35.9 Å². The highest BCUT2D eigenvalue weighted by atomic mass is 16.4. The van der Waals surface area contributed by atoms with Crippen LogP contribution in [0.25, 0.3) is 0 Å². The minimum absolute atomic E-state index is 0.183. The lowest BCUT2D eigenvalue weighted by Crippen LogP contribution is -2.42. The highest BCUT2D eigenvalue weighted by Crippen LogP contribution is 2.18. The summed E-state index contributed by atoms with van der Waals surface area (Å²) in [5.74, 6) is -1.46. The Balaban J connectivity index is 2.06. The number of hydrogen-bond acceptors (Lipinski definition) is 3. The molecule has 98 valence electrons. The molecular formula is C12H17N3O3. The zero-order valence-corrected chi connectivity index (χ0v) is 10.3. The Morgan fingerprint density at radius 1 is 1.61 bits per heavy atom. The fraction of sp³-hybridized carbons (Fsp3) is 0.583. The molecule has 2 rings (SSSR count). The predicted molar refractivity (Wildman–Crippen MR) is 64.2 cm³/mol. The molecule has 0 unspecified atom stereocenters. The first-order valence-corrected chi connectivity index (χ1v) is 6.18. The second-order valence-electron chi connectivity index (χ2n) is 4.56. The number of aryl methyl sites for hydroxylation is 1. The Labute approximate surface area is 105 Å². The van der Waals surface area contributed by atoms with Crippen molar-refractivity contribution in [3.63, 3.8) is 0 Å². The molecule has 1 aliphatic heterocycles. The summed E-state index contributed by atoms with van der Waals surface area (Å²) in [6.45, 7) is 2.86. The average molecular weight is 251 g/mol. The number of nitrogens with zero attached hydrogens (tertiary/aromatic N) is 2. The van der Waals surface area contributed by atoms with Gasteiger partial charge in [0.1, 0.15) is 5.69 Å². The third kappa shape index (κ3) is 2.52. The fourth-order valence-electron chi connectivity index (χ4n) is 2.18. The summed E-state index contributed by atoms with van der Waals surface area (Å²) in [7, 11) is 0. The van der Waals surface area contributed by atoms with E-state index in [0.29, 0.717) is 18.7 Å². The minimum Gasteiger partial charge on any atom is -0.481 e. The molecule has 6 nitrogen and oxygen atoms in total. The third-order valence-electron chi connectivity index (χ3n) is 3.29. The first-order valence-electron chi connectivity index (χ1n) is 6.18. The van der Waals surface area contributed by atoms with Gasteiger partial charge in [0.15, 0.2) is 0 Å². The van der Waals surface area contributed by atoms with E-state index >= 15 is 0 Å². The topological polar surface area (TPSA) is 86.3 Å². The van der Waals surface area contributed by atoms with Gasteiger partial charge in [-0.3, -0.25) is 14.7 Å². The van der Waals surface area contributed by atoms with Gasteiger partial charge in [0.2, 0.25) is 0 Å². The molecule has 1 aromatic heterocycles. The fourth-order valence-corrected chi connectivity index (χ4v) is 2.18. The molecular weight excluding hydrogens is 234 g/mol. The van der Waals surface area contributed by atoms with E-state index < -0.39 is 11.9 Å². The van der Waals surface area contributed by atoms with Crippen LogP contribution in [0.4, 0.5) is 0 Å².